The molecule has 1 aliphatic heterocycles. The molecular weight excluding hydrogens is 388 g/mol. The van der Waals surface area contributed by atoms with Gasteiger partial charge in [-0.1, -0.05) is 43.7 Å². The number of carbonyl (C=O) groups excluding carboxylic acids is 1. The first-order valence-electron chi connectivity index (χ1n) is 9.67. The Hall–Kier alpha value is -2.42. The van der Waals surface area contributed by atoms with Gasteiger partial charge in [0.05, 0.1) is 5.92 Å². The van der Waals surface area contributed by atoms with Crippen LogP contribution < -0.4 is 20.9 Å². The van der Waals surface area contributed by atoms with E-state index in [2.05, 4.69) is 34.7 Å². The lowest BCUT2D eigenvalue weighted by Gasteiger charge is -2.21. The molecule has 7 nitrogen and oxygen atoms in total. The summed E-state index contributed by atoms with van der Waals surface area (Å²) in [7, 11) is -3.85. The van der Waals surface area contributed by atoms with Crippen LogP contribution in [0, 0.1) is 12.8 Å². The Bertz CT molecular complexity index is 956. The van der Waals surface area contributed by atoms with Crippen molar-refractivity contribution in [3.63, 3.8) is 0 Å². The molecule has 0 aromatic heterocycles. The second-order valence-corrected chi connectivity index (χ2v) is 9.60. The first-order chi connectivity index (χ1) is 13.7. The normalized spacial score (nSPS) is 21.9. The highest BCUT2D eigenvalue weighted by atomic mass is 32.2. The van der Waals surface area contributed by atoms with E-state index >= 15 is 0 Å². The Morgan fingerprint density at radius 1 is 0.966 bits per heavy atom. The fourth-order valence-corrected chi connectivity index (χ4v) is 4.88. The molecule has 156 valence electrons. The van der Waals surface area contributed by atoms with Gasteiger partial charge in [-0.25, -0.2) is 13.8 Å². The molecular formula is C21H28N4O3S. The van der Waals surface area contributed by atoms with E-state index in [0.29, 0.717) is 17.3 Å². The zero-order valence-corrected chi connectivity index (χ0v) is 17.9. The maximum absolute atomic E-state index is 12.9. The van der Waals surface area contributed by atoms with Crippen molar-refractivity contribution in [2.24, 2.45) is 5.92 Å². The molecule has 0 bridgehead atoms. The summed E-state index contributed by atoms with van der Waals surface area (Å²) >= 11 is 0. The summed E-state index contributed by atoms with van der Waals surface area (Å²) < 4.78 is 28.4. The molecule has 1 aliphatic rings. The maximum atomic E-state index is 12.9. The van der Waals surface area contributed by atoms with E-state index in [9.17, 15) is 13.2 Å². The molecule has 0 aliphatic carbocycles. The fraction of sp³-hybridized carbons (Fsp3) is 0.381. The van der Waals surface area contributed by atoms with Crippen LogP contribution in [0.5, 0.6) is 0 Å². The number of sulfonamides is 1. The van der Waals surface area contributed by atoms with Gasteiger partial charge in [0.1, 0.15) is 0 Å². The van der Waals surface area contributed by atoms with Crippen LogP contribution in [0.25, 0.3) is 0 Å². The topological polar surface area (TPSA) is 99.3 Å². The molecule has 0 spiro atoms. The number of anilines is 2. The molecule has 3 atom stereocenters. The molecule has 1 saturated heterocycles. The molecule has 1 fully saturated rings. The van der Waals surface area contributed by atoms with Gasteiger partial charge in [-0.05, 0) is 49.6 Å². The van der Waals surface area contributed by atoms with Crippen molar-refractivity contribution in [3.8, 4) is 0 Å². The van der Waals surface area contributed by atoms with Crippen LogP contribution in [0.1, 0.15) is 37.8 Å². The molecule has 2 aromatic rings. The summed E-state index contributed by atoms with van der Waals surface area (Å²) in [4.78, 5) is 12.9. The average molecular weight is 417 g/mol. The van der Waals surface area contributed by atoms with E-state index in [1.165, 1.54) is 5.56 Å². The number of amides is 1. The van der Waals surface area contributed by atoms with Gasteiger partial charge in [0.15, 0.2) is 5.37 Å². The van der Waals surface area contributed by atoms with Gasteiger partial charge in [-0.15, -0.1) is 0 Å². The number of hydrogen-bond acceptors (Lipinski definition) is 5. The van der Waals surface area contributed by atoms with Crippen molar-refractivity contribution in [2.45, 2.75) is 45.0 Å². The minimum Gasteiger partial charge on any atom is -0.326 e. The quantitative estimate of drug-likeness (QED) is 0.580. The van der Waals surface area contributed by atoms with E-state index in [1.54, 1.807) is 19.1 Å². The molecule has 1 amide bonds. The molecule has 0 radical (unpaired) electrons. The maximum Gasteiger partial charge on any atom is 0.250 e. The third-order valence-corrected chi connectivity index (χ3v) is 6.71. The Labute approximate surface area is 172 Å². The minimum atomic E-state index is -3.85. The highest BCUT2D eigenvalue weighted by Crippen LogP contribution is 2.24. The lowest BCUT2D eigenvalue weighted by molar-refractivity contribution is -0.119. The van der Waals surface area contributed by atoms with E-state index in [1.807, 2.05) is 43.3 Å². The lowest BCUT2D eigenvalue weighted by atomic mass is 10.0. The predicted octanol–water partition coefficient (Wildman–Crippen LogP) is 2.94. The Morgan fingerprint density at radius 3 is 2.14 bits per heavy atom. The Kier molecular flexibility index (Phi) is 6.26. The largest absolute Gasteiger partial charge is 0.326 e. The summed E-state index contributed by atoms with van der Waals surface area (Å²) in [6.45, 7) is 7.90. The van der Waals surface area contributed by atoms with Crippen LogP contribution in [0.4, 0.5) is 11.4 Å². The van der Waals surface area contributed by atoms with E-state index < -0.39 is 21.3 Å². The molecule has 4 N–H and O–H groups in total. The Morgan fingerprint density at radius 2 is 1.55 bits per heavy atom. The van der Waals surface area contributed by atoms with E-state index in [0.717, 1.165) is 5.56 Å². The first-order valence-corrected chi connectivity index (χ1v) is 11.2. The van der Waals surface area contributed by atoms with Crippen LogP contribution in [0.15, 0.2) is 48.5 Å². The standard InChI is InChI=1S/C21H28N4O3S/c1-13(2)16-7-11-17(12-8-16)22-20(26)19-15(4)23-24-21(19)29(27,28)25-18-9-5-14(3)6-10-18/h5-13,15,19,21,23-25H,1-4H3,(H,22,26). The SMILES string of the molecule is Cc1ccc(NS(=O)(=O)C2NNC(C)C2C(=O)Nc2ccc(C(C)C)cc2)cc1. The van der Waals surface area contributed by atoms with Gasteiger partial charge in [-0.2, -0.15) is 0 Å². The molecule has 2 aromatic carbocycles. The van der Waals surface area contributed by atoms with Gasteiger partial charge in [0.2, 0.25) is 5.91 Å². The monoisotopic (exact) mass is 416 g/mol. The smallest absolute Gasteiger partial charge is 0.250 e. The van der Waals surface area contributed by atoms with E-state index in [4.69, 9.17) is 0 Å². The number of carbonyl (C=O) groups is 1. The number of aryl methyl sites for hydroxylation is 1. The van der Waals surface area contributed by atoms with Crippen molar-refractivity contribution < 1.29 is 13.2 Å². The van der Waals surface area contributed by atoms with Gasteiger partial charge in [-0.3, -0.25) is 14.9 Å². The average Bonchev–Trinajstić information content (AvgIpc) is 3.06. The van der Waals surface area contributed by atoms with Gasteiger partial charge in [0.25, 0.3) is 10.0 Å². The third kappa shape index (κ3) is 4.95. The first kappa shape index (κ1) is 21.3. The number of rotatable bonds is 6. The summed E-state index contributed by atoms with van der Waals surface area (Å²) in [5.74, 6) is -0.764. The zero-order valence-electron chi connectivity index (χ0n) is 17.1. The van der Waals surface area contributed by atoms with Crippen LogP contribution >= 0.6 is 0 Å². The summed E-state index contributed by atoms with van der Waals surface area (Å²) in [5.41, 5.74) is 8.94. The highest BCUT2D eigenvalue weighted by molar-refractivity contribution is 7.93. The summed E-state index contributed by atoms with van der Waals surface area (Å²) in [5, 5.41) is 1.74. The van der Waals surface area contributed by atoms with Crippen molar-refractivity contribution in [1.29, 1.82) is 0 Å². The second kappa shape index (κ2) is 8.52. The number of hydrogen-bond donors (Lipinski definition) is 4. The summed E-state index contributed by atoms with van der Waals surface area (Å²) in [6.07, 6.45) is 0. The highest BCUT2D eigenvalue weighted by Gasteiger charge is 2.46. The van der Waals surface area contributed by atoms with Gasteiger partial charge in [0, 0.05) is 17.4 Å². The zero-order chi connectivity index (χ0) is 21.2. The molecule has 1 heterocycles. The summed E-state index contributed by atoms with van der Waals surface area (Å²) in [6, 6.07) is 14.3. The second-order valence-electron chi connectivity index (χ2n) is 7.80. The third-order valence-electron chi connectivity index (χ3n) is 5.11. The van der Waals surface area contributed by atoms with Crippen molar-refractivity contribution >= 4 is 27.3 Å². The fourth-order valence-electron chi connectivity index (χ4n) is 3.32. The van der Waals surface area contributed by atoms with Crippen molar-refractivity contribution in [3.05, 3.63) is 59.7 Å². The molecule has 3 rings (SSSR count). The van der Waals surface area contributed by atoms with Crippen LogP contribution in [-0.2, 0) is 14.8 Å². The lowest BCUT2D eigenvalue weighted by Crippen LogP contribution is -2.45. The molecule has 3 unspecified atom stereocenters. The predicted molar refractivity (Wildman–Crippen MR) is 116 cm³/mol. The molecule has 0 saturated carbocycles. The molecule has 29 heavy (non-hydrogen) atoms. The van der Waals surface area contributed by atoms with E-state index in [-0.39, 0.29) is 11.9 Å². The van der Waals surface area contributed by atoms with Crippen LogP contribution in [0.2, 0.25) is 0 Å². The van der Waals surface area contributed by atoms with Crippen molar-refractivity contribution in [1.82, 2.24) is 10.9 Å². The van der Waals surface area contributed by atoms with Crippen LogP contribution in [0.3, 0.4) is 0 Å². The number of nitrogens with one attached hydrogen (secondary N) is 4. The number of benzene rings is 2. The van der Waals surface area contributed by atoms with Crippen molar-refractivity contribution in [2.75, 3.05) is 10.0 Å². The number of hydrazine groups is 1. The van der Waals surface area contributed by atoms with Gasteiger partial charge < -0.3 is 5.32 Å². The van der Waals surface area contributed by atoms with Crippen LogP contribution in [-0.4, -0.2) is 25.7 Å². The van der Waals surface area contributed by atoms with Gasteiger partial charge >= 0.3 is 0 Å². The molecule has 8 heteroatoms. The Balaban J connectivity index is 1.75. The minimum absolute atomic E-state index is 0.355.